The number of ether oxygens (including phenoxy) is 1. The first-order valence-corrected chi connectivity index (χ1v) is 7.49. The molecule has 130 valence electrons. The summed E-state index contributed by atoms with van der Waals surface area (Å²) in [6.45, 7) is 4.30. The monoisotopic (exact) mass is 348 g/mol. The van der Waals surface area contributed by atoms with Crippen molar-refractivity contribution in [3.63, 3.8) is 0 Å². The number of hydrogen-bond acceptors (Lipinski definition) is 3. The molecule has 2 rings (SSSR count). The maximum Gasteiger partial charge on any atom is 0.222 e. The van der Waals surface area contributed by atoms with Gasteiger partial charge in [-0.25, -0.2) is 8.78 Å². The highest BCUT2D eigenvalue weighted by atomic mass is 35.5. The molecule has 1 amide bonds. The highest BCUT2D eigenvalue weighted by molar-refractivity contribution is 5.85. The van der Waals surface area contributed by atoms with Crippen molar-refractivity contribution >= 4 is 18.3 Å². The van der Waals surface area contributed by atoms with E-state index in [0.29, 0.717) is 25.9 Å². The molecule has 1 aliphatic heterocycles. The van der Waals surface area contributed by atoms with Gasteiger partial charge in [-0.2, -0.15) is 0 Å². The Hall–Kier alpha value is -1.40. The van der Waals surface area contributed by atoms with Crippen molar-refractivity contribution < 1.29 is 18.3 Å². The fraction of sp³-hybridized carbons (Fsp3) is 0.562. The fourth-order valence-corrected chi connectivity index (χ4v) is 2.56. The summed E-state index contributed by atoms with van der Waals surface area (Å²) < 4.78 is 31.3. The first kappa shape index (κ1) is 19.6. The molecular weight excluding hydrogens is 326 g/mol. The van der Waals surface area contributed by atoms with E-state index in [1.54, 1.807) is 0 Å². The van der Waals surface area contributed by atoms with E-state index < -0.39 is 11.6 Å². The summed E-state index contributed by atoms with van der Waals surface area (Å²) in [6.07, 6.45) is 1.77. The van der Waals surface area contributed by atoms with Crippen molar-refractivity contribution in [2.45, 2.75) is 26.2 Å². The van der Waals surface area contributed by atoms with Crippen molar-refractivity contribution in [1.82, 2.24) is 4.90 Å². The Morgan fingerprint density at radius 3 is 2.78 bits per heavy atom. The molecule has 1 saturated heterocycles. The zero-order valence-electron chi connectivity index (χ0n) is 13.2. The molecule has 0 bridgehead atoms. The molecule has 0 aliphatic carbocycles. The van der Waals surface area contributed by atoms with E-state index in [-0.39, 0.29) is 36.1 Å². The molecular formula is C16H23ClF2N2O2. The first-order chi connectivity index (χ1) is 10.4. The summed E-state index contributed by atoms with van der Waals surface area (Å²) >= 11 is 0. The van der Waals surface area contributed by atoms with Crippen molar-refractivity contribution in [1.29, 1.82) is 0 Å². The van der Waals surface area contributed by atoms with Crippen LogP contribution in [0, 0.1) is 17.0 Å². The lowest BCUT2D eigenvalue weighted by Crippen LogP contribution is -2.34. The number of rotatable bonds is 6. The van der Waals surface area contributed by atoms with Crippen LogP contribution in [0.4, 0.5) is 8.78 Å². The number of likely N-dealkylation sites (tertiary alicyclic amines) is 1. The van der Waals surface area contributed by atoms with E-state index in [9.17, 15) is 13.6 Å². The van der Waals surface area contributed by atoms with Crippen molar-refractivity contribution in [2.75, 3.05) is 26.2 Å². The molecule has 4 nitrogen and oxygen atoms in total. The molecule has 1 fully saturated rings. The minimum Gasteiger partial charge on any atom is -0.491 e. The van der Waals surface area contributed by atoms with Crippen LogP contribution in [0.15, 0.2) is 18.2 Å². The smallest absolute Gasteiger partial charge is 0.222 e. The molecule has 1 atom stereocenters. The SMILES string of the molecule is CC1(CN)CCN(C(=O)CCCOc2ccc(F)cc2F)C1.Cl. The van der Waals surface area contributed by atoms with Gasteiger partial charge in [0.05, 0.1) is 6.61 Å². The molecule has 0 saturated carbocycles. The van der Waals surface area contributed by atoms with Gasteiger partial charge in [0, 0.05) is 25.6 Å². The number of benzene rings is 1. The third kappa shape index (κ3) is 5.32. The molecule has 1 aromatic rings. The predicted octanol–water partition coefficient (Wildman–Crippen LogP) is 2.74. The van der Waals surface area contributed by atoms with Gasteiger partial charge in [-0.1, -0.05) is 6.92 Å². The molecule has 1 heterocycles. The van der Waals surface area contributed by atoms with E-state index in [4.69, 9.17) is 10.5 Å². The Morgan fingerprint density at radius 1 is 1.43 bits per heavy atom. The summed E-state index contributed by atoms with van der Waals surface area (Å²) in [4.78, 5) is 13.9. The van der Waals surface area contributed by atoms with Gasteiger partial charge < -0.3 is 15.4 Å². The average Bonchev–Trinajstić information content (AvgIpc) is 2.88. The molecule has 1 aliphatic rings. The van der Waals surface area contributed by atoms with Crippen LogP contribution in [-0.2, 0) is 4.79 Å². The van der Waals surface area contributed by atoms with Crippen LogP contribution >= 0.6 is 12.4 Å². The van der Waals surface area contributed by atoms with Crippen LogP contribution in [0.2, 0.25) is 0 Å². The summed E-state index contributed by atoms with van der Waals surface area (Å²) in [5, 5.41) is 0. The second kappa shape index (κ2) is 8.45. The number of amides is 1. The topological polar surface area (TPSA) is 55.6 Å². The third-order valence-corrected chi connectivity index (χ3v) is 4.09. The zero-order valence-corrected chi connectivity index (χ0v) is 14.0. The molecule has 0 radical (unpaired) electrons. The molecule has 1 aromatic carbocycles. The summed E-state index contributed by atoms with van der Waals surface area (Å²) in [5.74, 6) is -1.30. The number of nitrogens with zero attached hydrogens (tertiary/aromatic N) is 1. The summed E-state index contributed by atoms with van der Waals surface area (Å²) in [6, 6.07) is 3.17. The average molecular weight is 349 g/mol. The van der Waals surface area contributed by atoms with Gasteiger partial charge in [-0.05, 0) is 36.9 Å². The Bertz CT molecular complexity index is 545. The maximum atomic E-state index is 13.4. The van der Waals surface area contributed by atoms with Gasteiger partial charge in [0.1, 0.15) is 5.82 Å². The molecule has 1 unspecified atom stereocenters. The Morgan fingerprint density at radius 2 is 2.17 bits per heavy atom. The second-order valence-corrected chi connectivity index (χ2v) is 6.11. The van der Waals surface area contributed by atoms with Gasteiger partial charge >= 0.3 is 0 Å². The fourth-order valence-electron chi connectivity index (χ4n) is 2.56. The second-order valence-electron chi connectivity index (χ2n) is 6.11. The lowest BCUT2D eigenvalue weighted by molar-refractivity contribution is -0.130. The standard InChI is InChI=1S/C16H22F2N2O2.ClH/c1-16(10-19)6-7-20(11-16)15(21)3-2-8-22-14-5-4-12(17)9-13(14)18;/h4-5,9H,2-3,6-8,10-11,19H2,1H3;1H. The highest BCUT2D eigenvalue weighted by Crippen LogP contribution is 2.28. The van der Waals surface area contributed by atoms with Crippen LogP contribution in [-0.4, -0.2) is 37.0 Å². The van der Waals surface area contributed by atoms with Crippen LogP contribution in [0.3, 0.4) is 0 Å². The van der Waals surface area contributed by atoms with E-state index in [0.717, 1.165) is 25.1 Å². The number of hydrogen-bond donors (Lipinski definition) is 1. The maximum absolute atomic E-state index is 13.4. The summed E-state index contributed by atoms with van der Waals surface area (Å²) in [5.41, 5.74) is 5.74. The quantitative estimate of drug-likeness (QED) is 0.804. The van der Waals surface area contributed by atoms with Crippen molar-refractivity contribution in [3.8, 4) is 5.75 Å². The number of carbonyl (C=O) groups is 1. The lowest BCUT2D eigenvalue weighted by Gasteiger charge is -2.22. The molecule has 0 spiro atoms. The van der Waals surface area contributed by atoms with Gasteiger partial charge in [0.25, 0.3) is 0 Å². The highest BCUT2D eigenvalue weighted by Gasteiger charge is 2.34. The van der Waals surface area contributed by atoms with Gasteiger partial charge in [0.15, 0.2) is 11.6 Å². The Balaban J connectivity index is 0.00000264. The van der Waals surface area contributed by atoms with E-state index in [1.807, 2.05) is 4.90 Å². The summed E-state index contributed by atoms with van der Waals surface area (Å²) in [7, 11) is 0. The molecule has 0 aromatic heterocycles. The Labute approximate surface area is 141 Å². The minimum atomic E-state index is -0.732. The molecule has 7 heteroatoms. The third-order valence-electron chi connectivity index (χ3n) is 4.09. The van der Waals surface area contributed by atoms with Gasteiger partial charge in [0.2, 0.25) is 5.91 Å². The van der Waals surface area contributed by atoms with Crippen molar-refractivity contribution in [2.24, 2.45) is 11.1 Å². The van der Waals surface area contributed by atoms with Crippen molar-refractivity contribution in [3.05, 3.63) is 29.8 Å². The number of nitrogens with two attached hydrogens (primary N) is 1. The van der Waals surface area contributed by atoms with Crippen LogP contribution < -0.4 is 10.5 Å². The number of halogens is 3. The van der Waals surface area contributed by atoms with E-state index in [2.05, 4.69) is 6.92 Å². The van der Waals surface area contributed by atoms with E-state index >= 15 is 0 Å². The van der Waals surface area contributed by atoms with Gasteiger partial charge in [-0.3, -0.25) is 4.79 Å². The first-order valence-electron chi connectivity index (χ1n) is 7.49. The number of carbonyl (C=O) groups excluding carboxylic acids is 1. The predicted molar refractivity (Wildman–Crippen MR) is 86.7 cm³/mol. The van der Waals surface area contributed by atoms with Crippen LogP contribution in [0.5, 0.6) is 5.75 Å². The van der Waals surface area contributed by atoms with Crippen LogP contribution in [0.1, 0.15) is 26.2 Å². The molecule has 2 N–H and O–H groups in total. The van der Waals surface area contributed by atoms with Gasteiger partial charge in [-0.15, -0.1) is 12.4 Å². The molecule has 23 heavy (non-hydrogen) atoms. The largest absolute Gasteiger partial charge is 0.491 e. The minimum absolute atomic E-state index is 0. The normalized spacial score (nSPS) is 20.3. The zero-order chi connectivity index (χ0) is 16.2. The van der Waals surface area contributed by atoms with Crippen LogP contribution in [0.25, 0.3) is 0 Å². The lowest BCUT2D eigenvalue weighted by atomic mass is 9.90. The van der Waals surface area contributed by atoms with E-state index in [1.165, 1.54) is 6.07 Å². The Kier molecular flexibility index (Phi) is 7.22.